The van der Waals surface area contributed by atoms with Crippen molar-refractivity contribution in [2.24, 2.45) is 0 Å². The lowest BCUT2D eigenvalue weighted by Crippen LogP contribution is -2.11. The van der Waals surface area contributed by atoms with Crippen LogP contribution in [-0.2, 0) is 5.41 Å². The molecule has 1 rings (SSSR count). The normalized spacial score (nSPS) is 11.5. The van der Waals surface area contributed by atoms with Gasteiger partial charge in [-0.1, -0.05) is 32.9 Å². The maximum absolute atomic E-state index is 8.65. The summed E-state index contributed by atoms with van der Waals surface area (Å²) in [5, 5.41) is 8.65. The third-order valence-corrected chi connectivity index (χ3v) is 2.27. The van der Waals surface area contributed by atoms with Crippen molar-refractivity contribution in [2.75, 3.05) is 13.2 Å². The van der Waals surface area contributed by atoms with Crippen molar-refractivity contribution in [3.05, 3.63) is 29.8 Å². The van der Waals surface area contributed by atoms with Crippen LogP contribution in [-0.4, -0.2) is 18.3 Å². The van der Waals surface area contributed by atoms with E-state index in [4.69, 9.17) is 9.84 Å². The van der Waals surface area contributed by atoms with Crippen LogP contribution < -0.4 is 4.74 Å². The quantitative estimate of drug-likeness (QED) is 0.771. The highest BCUT2D eigenvalue weighted by atomic mass is 16.5. The summed E-state index contributed by atoms with van der Waals surface area (Å²) in [6.45, 7) is 7.29. The van der Waals surface area contributed by atoms with Gasteiger partial charge in [-0.25, -0.2) is 0 Å². The van der Waals surface area contributed by atoms with Gasteiger partial charge in [-0.2, -0.15) is 0 Å². The topological polar surface area (TPSA) is 29.5 Å². The van der Waals surface area contributed by atoms with E-state index in [2.05, 4.69) is 32.9 Å². The molecule has 0 fully saturated rings. The highest BCUT2D eigenvalue weighted by Crippen LogP contribution is 2.25. The molecule has 0 aliphatic rings. The van der Waals surface area contributed by atoms with Gasteiger partial charge in [0.1, 0.15) is 5.75 Å². The summed E-state index contributed by atoms with van der Waals surface area (Å²) >= 11 is 0. The van der Waals surface area contributed by atoms with Crippen molar-refractivity contribution < 1.29 is 9.84 Å². The molecule has 2 heteroatoms. The summed E-state index contributed by atoms with van der Waals surface area (Å²) in [7, 11) is 0. The minimum absolute atomic E-state index is 0.149. The smallest absolute Gasteiger partial charge is 0.119 e. The number of aliphatic hydroxyl groups is 1. The number of ether oxygens (including phenoxy) is 1. The Bertz CT molecular complexity index is 300. The third kappa shape index (κ3) is 3.92. The van der Waals surface area contributed by atoms with Crippen molar-refractivity contribution in [1.82, 2.24) is 0 Å². The molecule has 0 unspecified atom stereocenters. The van der Waals surface area contributed by atoms with Gasteiger partial charge in [0, 0.05) is 13.0 Å². The van der Waals surface area contributed by atoms with Gasteiger partial charge in [0.15, 0.2) is 0 Å². The van der Waals surface area contributed by atoms with Crippen molar-refractivity contribution in [1.29, 1.82) is 0 Å². The lowest BCUT2D eigenvalue weighted by atomic mass is 9.87. The molecule has 1 aromatic rings. The first-order valence-corrected chi connectivity index (χ1v) is 5.38. The van der Waals surface area contributed by atoms with Crippen LogP contribution >= 0.6 is 0 Å². The van der Waals surface area contributed by atoms with Crippen LogP contribution in [0.3, 0.4) is 0 Å². The molecule has 0 bridgehead atoms. The average Bonchev–Trinajstić information content (AvgIpc) is 2.17. The Morgan fingerprint density at radius 2 is 2.00 bits per heavy atom. The summed E-state index contributed by atoms with van der Waals surface area (Å²) in [5.74, 6) is 0.885. The Hall–Kier alpha value is -1.02. The molecule has 2 nitrogen and oxygen atoms in total. The highest BCUT2D eigenvalue weighted by Gasteiger charge is 2.13. The molecule has 0 aliphatic heterocycles. The van der Waals surface area contributed by atoms with E-state index in [0.717, 1.165) is 5.75 Å². The van der Waals surface area contributed by atoms with Gasteiger partial charge in [0.2, 0.25) is 0 Å². The molecule has 15 heavy (non-hydrogen) atoms. The summed E-state index contributed by atoms with van der Waals surface area (Å²) in [6.07, 6.45) is 0.680. The summed E-state index contributed by atoms with van der Waals surface area (Å²) in [6, 6.07) is 8.14. The second kappa shape index (κ2) is 5.17. The largest absolute Gasteiger partial charge is 0.493 e. The van der Waals surface area contributed by atoms with E-state index in [1.165, 1.54) is 5.56 Å². The van der Waals surface area contributed by atoms with E-state index < -0.39 is 0 Å². The molecule has 0 aliphatic carbocycles. The number of aliphatic hydroxyl groups excluding tert-OH is 1. The van der Waals surface area contributed by atoms with Crippen LogP contribution in [0.25, 0.3) is 0 Å². The molecule has 84 valence electrons. The molecule has 0 radical (unpaired) electrons. The van der Waals surface area contributed by atoms with Crippen LogP contribution in [0.1, 0.15) is 32.8 Å². The molecule has 1 aromatic carbocycles. The van der Waals surface area contributed by atoms with E-state index in [0.29, 0.717) is 13.0 Å². The zero-order valence-electron chi connectivity index (χ0n) is 9.79. The van der Waals surface area contributed by atoms with Gasteiger partial charge in [-0.15, -0.1) is 0 Å². The van der Waals surface area contributed by atoms with E-state index in [1.54, 1.807) is 0 Å². The predicted molar refractivity (Wildman–Crippen MR) is 62.3 cm³/mol. The van der Waals surface area contributed by atoms with Crippen molar-refractivity contribution in [2.45, 2.75) is 32.6 Å². The van der Waals surface area contributed by atoms with E-state index in [-0.39, 0.29) is 12.0 Å². The molecule has 0 amide bonds. The lowest BCUT2D eigenvalue weighted by Gasteiger charge is -2.19. The van der Waals surface area contributed by atoms with Gasteiger partial charge in [-0.3, -0.25) is 0 Å². The molecular weight excluding hydrogens is 188 g/mol. The van der Waals surface area contributed by atoms with Crippen LogP contribution in [0.2, 0.25) is 0 Å². The predicted octanol–water partition coefficient (Wildman–Crippen LogP) is 2.75. The zero-order chi connectivity index (χ0) is 11.3. The number of rotatable bonds is 4. The van der Waals surface area contributed by atoms with Crippen LogP contribution in [0.5, 0.6) is 5.75 Å². The molecular formula is C13H20O2. The Morgan fingerprint density at radius 3 is 2.60 bits per heavy atom. The Morgan fingerprint density at radius 1 is 1.27 bits per heavy atom. The number of benzene rings is 1. The maximum Gasteiger partial charge on any atom is 0.119 e. The van der Waals surface area contributed by atoms with Crippen molar-refractivity contribution in [3.63, 3.8) is 0 Å². The van der Waals surface area contributed by atoms with Gasteiger partial charge in [0.05, 0.1) is 6.61 Å². The number of hydrogen-bond acceptors (Lipinski definition) is 2. The highest BCUT2D eigenvalue weighted by molar-refractivity contribution is 5.32. The average molecular weight is 208 g/mol. The van der Waals surface area contributed by atoms with Gasteiger partial charge in [0.25, 0.3) is 0 Å². The second-order valence-electron chi connectivity index (χ2n) is 4.70. The molecule has 0 saturated carbocycles. The van der Waals surface area contributed by atoms with Crippen molar-refractivity contribution in [3.8, 4) is 5.75 Å². The standard InChI is InChI=1S/C13H20O2/c1-13(2,3)11-6-4-7-12(10-11)15-9-5-8-14/h4,6-7,10,14H,5,8-9H2,1-3H3. The molecule has 0 spiro atoms. The first-order valence-electron chi connectivity index (χ1n) is 5.38. The van der Waals surface area contributed by atoms with E-state index >= 15 is 0 Å². The van der Waals surface area contributed by atoms with Gasteiger partial charge in [-0.05, 0) is 23.1 Å². The van der Waals surface area contributed by atoms with Crippen LogP contribution in [0.15, 0.2) is 24.3 Å². The van der Waals surface area contributed by atoms with Gasteiger partial charge < -0.3 is 9.84 Å². The lowest BCUT2D eigenvalue weighted by molar-refractivity contribution is 0.233. The first kappa shape index (κ1) is 12.1. The number of hydrogen-bond donors (Lipinski definition) is 1. The van der Waals surface area contributed by atoms with E-state index in [1.807, 2.05) is 12.1 Å². The minimum Gasteiger partial charge on any atom is -0.493 e. The SMILES string of the molecule is CC(C)(C)c1cccc(OCCCO)c1. The summed E-state index contributed by atoms with van der Waals surface area (Å²) in [4.78, 5) is 0. The zero-order valence-corrected chi connectivity index (χ0v) is 9.79. The van der Waals surface area contributed by atoms with E-state index in [9.17, 15) is 0 Å². The minimum atomic E-state index is 0.149. The second-order valence-corrected chi connectivity index (χ2v) is 4.70. The van der Waals surface area contributed by atoms with Crippen LogP contribution in [0.4, 0.5) is 0 Å². The van der Waals surface area contributed by atoms with Crippen LogP contribution in [0, 0.1) is 0 Å². The maximum atomic E-state index is 8.65. The fraction of sp³-hybridized carbons (Fsp3) is 0.538. The Labute approximate surface area is 91.9 Å². The molecule has 0 saturated heterocycles. The summed E-state index contributed by atoms with van der Waals surface area (Å²) in [5.41, 5.74) is 1.42. The summed E-state index contributed by atoms with van der Waals surface area (Å²) < 4.78 is 5.52. The third-order valence-electron chi connectivity index (χ3n) is 2.27. The molecule has 1 N–H and O–H groups in total. The fourth-order valence-corrected chi connectivity index (χ4v) is 1.31. The Kier molecular flexibility index (Phi) is 4.15. The molecule has 0 heterocycles. The molecule has 0 aromatic heterocycles. The first-order chi connectivity index (χ1) is 7.04. The van der Waals surface area contributed by atoms with Gasteiger partial charge >= 0.3 is 0 Å². The van der Waals surface area contributed by atoms with Crippen molar-refractivity contribution >= 4 is 0 Å². The molecule has 0 atom stereocenters. The monoisotopic (exact) mass is 208 g/mol. The fourth-order valence-electron chi connectivity index (χ4n) is 1.31. The Balaban J connectivity index is 2.66.